The largest absolute Gasteiger partial charge is 0.310 e. The number of nitriles is 1. The Bertz CT molecular complexity index is 717. The molecule has 6 nitrogen and oxygen atoms in total. The minimum Gasteiger partial charge on any atom is -0.310 e. The van der Waals surface area contributed by atoms with Crippen molar-refractivity contribution in [1.29, 1.82) is 5.26 Å². The number of amides is 1. The molecule has 2 saturated heterocycles. The van der Waals surface area contributed by atoms with E-state index in [4.69, 9.17) is 0 Å². The number of fused-ring (bicyclic) bond motifs is 1. The summed E-state index contributed by atoms with van der Waals surface area (Å²) in [5, 5.41) is 9.26. The maximum absolute atomic E-state index is 13.0. The number of carbonyl (C=O) groups excluding carboxylic acids is 1. The van der Waals surface area contributed by atoms with E-state index in [1.165, 1.54) is 11.1 Å². The van der Waals surface area contributed by atoms with Crippen LogP contribution in [0, 0.1) is 11.5 Å². The third-order valence-corrected chi connectivity index (χ3v) is 5.97. The van der Waals surface area contributed by atoms with Crippen molar-refractivity contribution in [2.45, 2.75) is 57.2 Å². The molecule has 3 heterocycles. The Morgan fingerprint density at radius 2 is 2.00 bits per heavy atom. The van der Waals surface area contributed by atoms with Crippen molar-refractivity contribution >= 4 is 11.6 Å². The Morgan fingerprint density at radius 3 is 2.72 bits per heavy atom. The second kappa shape index (κ2) is 6.32. The van der Waals surface area contributed by atoms with E-state index in [9.17, 15) is 10.1 Å². The van der Waals surface area contributed by atoms with Gasteiger partial charge in [-0.25, -0.2) is 0 Å². The van der Waals surface area contributed by atoms with E-state index in [2.05, 4.69) is 49.1 Å². The highest BCUT2D eigenvalue weighted by Crippen LogP contribution is 2.38. The summed E-state index contributed by atoms with van der Waals surface area (Å²) in [6, 6.07) is 6.75. The van der Waals surface area contributed by atoms with Gasteiger partial charge in [0.05, 0.1) is 0 Å². The molecule has 1 aromatic carbocycles. The van der Waals surface area contributed by atoms with Crippen molar-refractivity contribution in [3.63, 3.8) is 0 Å². The van der Waals surface area contributed by atoms with Gasteiger partial charge in [-0.1, -0.05) is 12.1 Å². The van der Waals surface area contributed by atoms with Crippen molar-refractivity contribution in [2.24, 2.45) is 0 Å². The molecule has 0 spiro atoms. The van der Waals surface area contributed by atoms with Crippen molar-refractivity contribution in [3.8, 4) is 6.19 Å². The third kappa shape index (κ3) is 2.59. The smallest absolute Gasteiger partial charge is 0.250 e. The molecule has 2 unspecified atom stereocenters. The molecule has 1 amide bonds. The van der Waals surface area contributed by atoms with Gasteiger partial charge in [0.25, 0.3) is 0 Å². The topological polar surface area (TPSA) is 71.4 Å². The maximum Gasteiger partial charge on any atom is 0.250 e. The standard InChI is InChI=1S/C19H25N5O/c1-12-18(13(2)22-21-12)15-5-3-6-16-14(15)8-10-24(16)19(25)17-7-4-9-23(17)11-20/h3,5-6,12-13,17-18,21-22H,4,7-10H2,1-2H3/t12?,13?,17-,18?/m0/s1. The van der Waals surface area contributed by atoms with Gasteiger partial charge in [0.15, 0.2) is 6.19 Å². The molecule has 6 heteroatoms. The molecule has 0 radical (unpaired) electrons. The average molecular weight is 339 g/mol. The highest BCUT2D eigenvalue weighted by Gasteiger charge is 2.39. The zero-order valence-corrected chi connectivity index (χ0v) is 14.8. The normalized spacial score (nSPS) is 31.2. The van der Waals surface area contributed by atoms with Gasteiger partial charge in [-0.15, -0.1) is 0 Å². The molecule has 0 bridgehead atoms. The average Bonchev–Trinajstić information content (AvgIpc) is 3.32. The number of hydrogen-bond acceptors (Lipinski definition) is 5. The molecular formula is C19H25N5O. The fraction of sp³-hybridized carbons (Fsp3) is 0.579. The number of rotatable bonds is 2. The van der Waals surface area contributed by atoms with Crippen molar-refractivity contribution < 1.29 is 4.79 Å². The van der Waals surface area contributed by atoms with Crippen LogP contribution in [0.25, 0.3) is 0 Å². The van der Waals surface area contributed by atoms with E-state index in [0.717, 1.165) is 31.5 Å². The summed E-state index contributed by atoms with van der Waals surface area (Å²) in [6.07, 6.45) is 4.77. The Hall–Kier alpha value is -2.10. The van der Waals surface area contributed by atoms with Crippen LogP contribution in [-0.2, 0) is 11.2 Å². The first-order chi connectivity index (χ1) is 12.1. The molecule has 3 aliphatic heterocycles. The van der Waals surface area contributed by atoms with Gasteiger partial charge < -0.3 is 4.90 Å². The summed E-state index contributed by atoms with van der Waals surface area (Å²) in [5.74, 6) is 0.478. The Morgan fingerprint density at radius 1 is 1.24 bits per heavy atom. The van der Waals surface area contributed by atoms with Crippen molar-refractivity contribution in [2.75, 3.05) is 18.0 Å². The van der Waals surface area contributed by atoms with E-state index in [0.29, 0.717) is 24.5 Å². The van der Waals surface area contributed by atoms with Crippen LogP contribution in [0.4, 0.5) is 5.69 Å². The monoisotopic (exact) mass is 339 g/mol. The second-order valence-corrected chi connectivity index (χ2v) is 7.43. The molecule has 3 aliphatic rings. The summed E-state index contributed by atoms with van der Waals surface area (Å²) in [6.45, 7) is 5.81. The lowest BCUT2D eigenvalue weighted by Crippen LogP contribution is -2.43. The minimum atomic E-state index is -0.285. The Kier molecular flexibility index (Phi) is 4.14. The van der Waals surface area contributed by atoms with E-state index >= 15 is 0 Å². The molecule has 0 aromatic heterocycles. The van der Waals surface area contributed by atoms with Gasteiger partial charge >= 0.3 is 0 Å². The first kappa shape index (κ1) is 16.4. The van der Waals surface area contributed by atoms with Crippen LogP contribution in [0.15, 0.2) is 18.2 Å². The molecular weight excluding hydrogens is 314 g/mol. The van der Waals surface area contributed by atoms with Crippen LogP contribution < -0.4 is 15.8 Å². The number of hydrogen-bond donors (Lipinski definition) is 2. The number of benzene rings is 1. The maximum atomic E-state index is 13.0. The molecule has 0 saturated carbocycles. The van der Waals surface area contributed by atoms with Crippen LogP contribution >= 0.6 is 0 Å². The zero-order chi connectivity index (χ0) is 17.6. The minimum absolute atomic E-state index is 0.0821. The van der Waals surface area contributed by atoms with Gasteiger partial charge in [0.1, 0.15) is 6.04 Å². The van der Waals surface area contributed by atoms with Gasteiger partial charge in [-0.05, 0) is 50.3 Å². The summed E-state index contributed by atoms with van der Waals surface area (Å²) in [4.78, 5) is 16.6. The second-order valence-electron chi connectivity index (χ2n) is 7.43. The van der Waals surface area contributed by atoms with Crippen molar-refractivity contribution in [1.82, 2.24) is 15.8 Å². The van der Waals surface area contributed by atoms with Gasteiger partial charge in [-0.3, -0.25) is 20.5 Å². The van der Waals surface area contributed by atoms with E-state index < -0.39 is 0 Å². The van der Waals surface area contributed by atoms with Crippen LogP contribution in [0.3, 0.4) is 0 Å². The van der Waals surface area contributed by atoms with Crippen LogP contribution in [0.5, 0.6) is 0 Å². The van der Waals surface area contributed by atoms with E-state index in [1.807, 2.05) is 4.90 Å². The first-order valence-corrected chi connectivity index (χ1v) is 9.22. The summed E-state index contributed by atoms with van der Waals surface area (Å²) in [7, 11) is 0. The van der Waals surface area contributed by atoms with E-state index in [-0.39, 0.29) is 11.9 Å². The fourth-order valence-electron chi connectivity index (χ4n) is 4.74. The predicted octanol–water partition coefficient (Wildman–Crippen LogP) is 1.49. The highest BCUT2D eigenvalue weighted by molar-refractivity contribution is 5.99. The van der Waals surface area contributed by atoms with Crippen molar-refractivity contribution in [3.05, 3.63) is 29.3 Å². The lowest BCUT2D eigenvalue weighted by Gasteiger charge is -2.26. The molecule has 0 aliphatic carbocycles. The van der Waals surface area contributed by atoms with Crippen LogP contribution in [0.1, 0.15) is 43.7 Å². The SMILES string of the molecule is CC1NNC(C)C1c1cccc2c1CCN2C(=O)[C@@H]1CCCN1C#N. The molecule has 2 N–H and O–H groups in total. The molecule has 1 aromatic rings. The lowest BCUT2D eigenvalue weighted by atomic mass is 9.85. The predicted molar refractivity (Wildman–Crippen MR) is 95.8 cm³/mol. The zero-order valence-electron chi connectivity index (χ0n) is 14.8. The number of hydrazine groups is 1. The van der Waals surface area contributed by atoms with Crippen LogP contribution in [-0.4, -0.2) is 42.0 Å². The number of nitrogens with zero attached hydrogens (tertiary/aromatic N) is 3. The summed E-state index contributed by atoms with van der Waals surface area (Å²) >= 11 is 0. The Labute approximate surface area is 148 Å². The lowest BCUT2D eigenvalue weighted by molar-refractivity contribution is -0.121. The van der Waals surface area contributed by atoms with Gasteiger partial charge in [0.2, 0.25) is 5.91 Å². The van der Waals surface area contributed by atoms with E-state index in [1.54, 1.807) is 4.90 Å². The fourth-order valence-corrected chi connectivity index (χ4v) is 4.74. The number of nitrogens with one attached hydrogen (secondary N) is 2. The quantitative estimate of drug-likeness (QED) is 0.799. The molecule has 25 heavy (non-hydrogen) atoms. The Balaban J connectivity index is 1.64. The number of anilines is 1. The molecule has 3 atom stereocenters. The molecule has 2 fully saturated rings. The van der Waals surface area contributed by atoms with Gasteiger partial charge in [0, 0.05) is 36.8 Å². The number of likely N-dealkylation sites (tertiary alicyclic amines) is 1. The number of carbonyl (C=O) groups is 1. The summed E-state index contributed by atoms with van der Waals surface area (Å²) in [5.41, 5.74) is 10.3. The highest BCUT2D eigenvalue weighted by atomic mass is 16.2. The molecule has 4 rings (SSSR count). The first-order valence-electron chi connectivity index (χ1n) is 9.22. The third-order valence-electron chi connectivity index (χ3n) is 5.97. The molecule has 132 valence electrons. The summed E-state index contributed by atoms with van der Waals surface area (Å²) < 4.78 is 0. The van der Waals surface area contributed by atoms with Gasteiger partial charge in [-0.2, -0.15) is 5.26 Å². The van der Waals surface area contributed by atoms with Crippen LogP contribution in [0.2, 0.25) is 0 Å².